The number of unbranched alkanes of at least 4 members (excludes halogenated alkanes) is 8. The summed E-state index contributed by atoms with van der Waals surface area (Å²) >= 11 is 0. The van der Waals surface area contributed by atoms with Crippen LogP contribution in [0.2, 0.25) is 0 Å². The molecule has 2 aromatic carbocycles. The van der Waals surface area contributed by atoms with Crippen molar-refractivity contribution in [2.45, 2.75) is 123 Å². The molecule has 0 spiro atoms. The van der Waals surface area contributed by atoms with Gasteiger partial charge in [0.05, 0.1) is 6.10 Å². The fraction of sp³-hybridized carbons (Fsp3) is 0.528. The number of hydrogen-bond acceptors (Lipinski definition) is 7. The molecule has 1 aliphatic heterocycles. The van der Waals surface area contributed by atoms with E-state index in [2.05, 4.69) is 31.2 Å². The number of phenolic OH excluding ortho intramolecular Hbond substituents is 3. The van der Waals surface area contributed by atoms with Gasteiger partial charge in [0.15, 0.2) is 17.6 Å². The molecule has 43 heavy (non-hydrogen) atoms. The first-order chi connectivity index (χ1) is 20.8. The maximum atomic E-state index is 12.9. The van der Waals surface area contributed by atoms with Gasteiger partial charge in [-0.3, -0.25) is 4.79 Å². The number of ether oxygens (including phenoxy) is 3. The molecule has 2 aromatic rings. The molecular formula is C36H50O7. The van der Waals surface area contributed by atoms with Crippen molar-refractivity contribution in [3.8, 4) is 28.7 Å². The fourth-order valence-electron chi connectivity index (χ4n) is 5.20. The number of hydrogen-bond donors (Lipinski definition) is 3. The lowest BCUT2D eigenvalue weighted by Gasteiger charge is -2.34. The van der Waals surface area contributed by atoms with Crippen LogP contribution in [-0.4, -0.2) is 33.5 Å². The van der Waals surface area contributed by atoms with E-state index in [1.165, 1.54) is 49.9 Å². The Balaban J connectivity index is 1.48. The van der Waals surface area contributed by atoms with Crippen molar-refractivity contribution in [3.63, 3.8) is 0 Å². The highest BCUT2D eigenvalue weighted by Gasteiger charge is 2.37. The van der Waals surface area contributed by atoms with Crippen molar-refractivity contribution in [1.82, 2.24) is 0 Å². The number of esters is 1. The van der Waals surface area contributed by atoms with Crippen LogP contribution in [0.1, 0.15) is 115 Å². The average molecular weight is 595 g/mol. The monoisotopic (exact) mass is 594 g/mol. The van der Waals surface area contributed by atoms with E-state index in [0.717, 1.165) is 44.9 Å². The predicted molar refractivity (Wildman–Crippen MR) is 170 cm³/mol. The summed E-state index contributed by atoms with van der Waals surface area (Å²) in [7, 11) is 0. The quantitative estimate of drug-likeness (QED) is 0.0684. The van der Waals surface area contributed by atoms with Crippen molar-refractivity contribution in [2.24, 2.45) is 0 Å². The molecular weight excluding hydrogens is 544 g/mol. The van der Waals surface area contributed by atoms with Crippen LogP contribution in [0.25, 0.3) is 0 Å². The lowest BCUT2D eigenvalue weighted by molar-refractivity contribution is -0.155. The second kappa shape index (κ2) is 18.1. The lowest BCUT2D eigenvalue weighted by Crippen LogP contribution is -2.35. The van der Waals surface area contributed by atoms with Gasteiger partial charge in [-0.05, 0) is 64.5 Å². The highest BCUT2D eigenvalue weighted by Crippen LogP contribution is 2.44. The molecule has 1 aliphatic rings. The topological polar surface area (TPSA) is 105 Å². The standard InChI is InChI=1S/C36H50O7/c1-4-5-6-7-8-9-10-11-12-13-14-15-16-17-18-19-35(40)42-34-25-29-32(41-26(2)3)23-28(37)24-33(29)43-36(34)27-20-21-30(38)31(39)22-27/h8-9,11-12,20-24,26,34,36-39H,4-7,10,13-19,25H2,1-3H3/b9-8-,12-11-/t34-,36+/m0/s1. The molecule has 0 radical (unpaired) electrons. The third kappa shape index (κ3) is 11.5. The molecule has 0 amide bonds. The van der Waals surface area contributed by atoms with Gasteiger partial charge >= 0.3 is 5.97 Å². The van der Waals surface area contributed by atoms with Gasteiger partial charge < -0.3 is 29.5 Å². The second-order valence-corrected chi connectivity index (χ2v) is 11.6. The van der Waals surface area contributed by atoms with E-state index in [4.69, 9.17) is 14.2 Å². The van der Waals surface area contributed by atoms with Crippen LogP contribution >= 0.6 is 0 Å². The third-order valence-electron chi connectivity index (χ3n) is 7.45. The molecule has 236 valence electrons. The zero-order chi connectivity index (χ0) is 31.0. The van der Waals surface area contributed by atoms with Gasteiger partial charge in [0.25, 0.3) is 0 Å². The molecule has 0 aromatic heterocycles. The summed E-state index contributed by atoms with van der Waals surface area (Å²) in [6, 6.07) is 7.45. The van der Waals surface area contributed by atoms with E-state index >= 15 is 0 Å². The Kier molecular flexibility index (Phi) is 14.3. The Morgan fingerprint density at radius 2 is 1.60 bits per heavy atom. The number of fused-ring (bicyclic) bond motifs is 1. The highest BCUT2D eigenvalue weighted by atomic mass is 16.6. The van der Waals surface area contributed by atoms with E-state index in [1.54, 1.807) is 6.07 Å². The Labute approximate surface area is 257 Å². The smallest absolute Gasteiger partial charge is 0.306 e. The number of allylic oxidation sites excluding steroid dienone is 4. The first-order valence-corrected chi connectivity index (χ1v) is 16.0. The van der Waals surface area contributed by atoms with Gasteiger partial charge in [0, 0.05) is 36.1 Å². The SMILES string of the molecule is CCCCC/C=C\C/C=C\CCCCCCCC(=O)O[C@H]1Cc2c(OC(C)C)cc(O)cc2O[C@@H]1c1ccc(O)c(O)c1. The van der Waals surface area contributed by atoms with E-state index in [0.29, 0.717) is 35.5 Å². The van der Waals surface area contributed by atoms with Crippen molar-refractivity contribution in [2.75, 3.05) is 0 Å². The summed E-state index contributed by atoms with van der Waals surface area (Å²) in [5.41, 5.74) is 1.26. The molecule has 2 atom stereocenters. The maximum Gasteiger partial charge on any atom is 0.306 e. The molecule has 0 aliphatic carbocycles. The highest BCUT2D eigenvalue weighted by molar-refractivity contribution is 5.69. The van der Waals surface area contributed by atoms with Crippen LogP contribution in [0, 0.1) is 0 Å². The molecule has 0 bridgehead atoms. The van der Waals surface area contributed by atoms with Crippen molar-refractivity contribution >= 4 is 5.97 Å². The minimum atomic E-state index is -0.735. The van der Waals surface area contributed by atoms with Crippen LogP contribution in [-0.2, 0) is 16.0 Å². The molecule has 3 N–H and O–H groups in total. The summed E-state index contributed by atoms with van der Waals surface area (Å²) in [6.07, 6.45) is 20.3. The number of rotatable bonds is 18. The molecule has 0 saturated carbocycles. The second-order valence-electron chi connectivity index (χ2n) is 11.6. The maximum absolute atomic E-state index is 12.9. The van der Waals surface area contributed by atoms with E-state index < -0.39 is 12.2 Å². The van der Waals surface area contributed by atoms with Gasteiger partial charge in [-0.2, -0.15) is 0 Å². The van der Waals surface area contributed by atoms with E-state index in [1.807, 2.05) is 13.8 Å². The third-order valence-corrected chi connectivity index (χ3v) is 7.45. The van der Waals surface area contributed by atoms with Gasteiger partial charge in [-0.15, -0.1) is 0 Å². The van der Waals surface area contributed by atoms with Gasteiger partial charge in [0.1, 0.15) is 23.4 Å². The summed E-state index contributed by atoms with van der Waals surface area (Å²) in [5, 5.41) is 30.2. The zero-order valence-electron chi connectivity index (χ0n) is 26.1. The first kappa shape index (κ1) is 33.9. The Morgan fingerprint density at radius 3 is 2.30 bits per heavy atom. The van der Waals surface area contributed by atoms with Crippen LogP contribution in [0.3, 0.4) is 0 Å². The van der Waals surface area contributed by atoms with Crippen molar-refractivity contribution in [3.05, 3.63) is 65.8 Å². The Hall–Kier alpha value is -3.61. The molecule has 7 heteroatoms. The molecule has 3 rings (SSSR count). The molecule has 7 nitrogen and oxygen atoms in total. The number of aromatic hydroxyl groups is 3. The number of phenols is 3. The minimum absolute atomic E-state index is 0.00140. The van der Waals surface area contributed by atoms with Gasteiger partial charge in [0.2, 0.25) is 0 Å². The van der Waals surface area contributed by atoms with Crippen molar-refractivity contribution < 1.29 is 34.3 Å². The molecule has 0 unspecified atom stereocenters. The van der Waals surface area contributed by atoms with Gasteiger partial charge in [-0.1, -0.05) is 69.4 Å². The van der Waals surface area contributed by atoms with Crippen LogP contribution in [0.15, 0.2) is 54.6 Å². The van der Waals surface area contributed by atoms with Crippen LogP contribution < -0.4 is 9.47 Å². The Bertz CT molecular complexity index is 1200. The van der Waals surface area contributed by atoms with Crippen molar-refractivity contribution in [1.29, 1.82) is 0 Å². The zero-order valence-corrected chi connectivity index (χ0v) is 26.1. The number of carbonyl (C=O) groups excluding carboxylic acids is 1. The summed E-state index contributed by atoms with van der Waals surface area (Å²) < 4.78 is 18.1. The summed E-state index contributed by atoms with van der Waals surface area (Å²) in [5.74, 6) is 0.0577. The molecule has 0 saturated heterocycles. The van der Waals surface area contributed by atoms with E-state index in [-0.39, 0.29) is 29.3 Å². The largest absolute Gasteiger partial charge is 0.508 e. The van der Waals surface area contributed by atoms with E-state index in [9.17, 15) is 20.1 Å². The summed E-state index contributed by atoms with van der Waals surface area (Å²) in [4.78, 5) is 12.9. The molecule has 0 fully saturated rings. The number of carbonyl (C=O) groups is 1. The fourth-order valence-corrected chi connectivity index (χ4v) is 5.20. The molecule has 1 heterocycles. The predicted octanol–water partition coefficient (Wildman–Crippen LogP) is 8.99. The van der Waals surface area contributed by atoms with Crippen LogP contribution in [0.4, 0.5) is 0 Å². The number of benzene rings is 2. The summed E-state index contributed by atoms with van der Waals surface area (Å²) in [6.45, 7) is 6.02. The minimum Gasteiger partial charge on any atom is -0.508 e. The lowest BCUT2D eigenvalue weighted by atomic mass is 9.93. The van der Waals surface area contributed by atoms with Crippen LogP contribution in [0.5, 0.6) is 28.7 Å². The average Bonchev–Trinajstić information content (AvgIpc) is 2.96. The Morgan fingerprint density at radius 1 is 0.907 bits per heavy atom. The van der Waals surface area contributed by atoms with Gasteiger partial charge in [-0.25, -0.2) is 0 Å². The first-order valence-electron chi connectivity index (χ1n) is 16.0. The normalized spacial score (nSPS) is 16.5.